The number of rotatable bonds is 9. The third-order valence-corrected chi connectivity index (χ3v) is 9.12. The minimum atomic E-state index is -3.74. The lowest BCUT2D eigenvalue weighted by molar-refractivity contribution is 0.346. The third kappa shape index (κ3) is 6.45. The van der Waals surface area contributed by atoms with Crippen LogP contribution in [0.3, 0.4) is 0 Å². The molecule has 12 heteroatoms. The van der Waals surface area contributed by atoms with Gasteiger partial charge in [-0.1, -0.05) is 25.1 Å². The molecule has 0 atom stereocenters. The molecule has 1 aliphatic heterocycles. The molecule has 1 aromatic heterocycles. The summed E-state index contributed by atoms with van der Waals surface area (Å²) in [5.74, 6) is 0.727. The van der Waals surface area contributed by atoms with Gasteiger partial charge in [0, 0.05) is 41.9 Å². The van der Waals surface area contributed by atoms with E-state index in [4.69, 9.17) is 0 Å². The van der Waals surface area contributed by atoms with Crippen molar-refractivity contribution in [1.29, 1.82) is 0 Å². The number of benzene rings is 2. The highest BCUT2D eigenvalue weighted by atomic mass is 32.2. The predicted octanol–water partition coefficient (Wildman–Crippen LogP) is 4.26. The average molecular weight is 543 g/mol. The summed E-state index contributed by atoms with van der Waals surface area (Å²) in [6.45, 7) is 8.04. The Morgan fingerprint density at radius 1 is 0.919 bits per heavy atom. The van der Waals surface area contributed by atoms with Crippen LogP contribution >= 0.6 is 0 Å². The number of hydrogen-bond acceptors (Lipinski definition) is 8. The van der Waals surface area contributed by atoms with Gasteiger partial charge in [0.1, 0.15) is 5.82 Å². The molecule has 3 aromatic rings. The van der Waals surface area contributed by atoms with Crippen LogP contribution in [-0.2, 0) is 20.0 Å². The fourth-order valence-corrected chi connectivity index (χ4v) is 6.59. The molecule has 0 saturated carbocycles. The standard InChI is InChI=1S/C25H30N6O4S2/c1-18(2)30-36(32,33)22-11-7-9-20(15-22)27-24-19(3)17-26-25(29-24)28-21-10-8-12-23(16-21)37(34,35)31-13-5-4-6-14-31/h7-12,15-17,30H,1,4-6,13-14H2,2-3H3,(H2,26,27,28,29). The molecule has 1 fully saturated rings. The van der Waals surface area contributed by atoms with E-state index in [9.17, 15) is 16.8 Å². The van der Waals surface area contributed by atoms with Crippen LogP contribution in [0.1, 0.15) is 31.7 Å². The Morgan fingerprint density at radius 3 is 2.22 bits per heavy atom. The molecule has 37 heavy (non-hydrogen) atoms. The molecular formula is C25H30N6O4S2. The predicted molar refractivity (Wildman–Crippen MR) is 144 cm³/mol. The summed E-state index contributed by atoms with van der Waals surface area (Å²) in [7, 11) is -7.32. The van der Waals surface area contributed by atoms with Crippen molar-refractivity contribution in [3.63, 3.8) is 0 Å². The number of aromatic nitrogens is 2. The summed E-state index contributed by atoms with van der Waals surface area (Å²) in [6.07, 6.45) is 4.39. The molecule has 0 radical (unpaired) electrons. The quantitative estimate of drug-likeness (QED) is 0.365. The van der Waals surface area contributed by atoms with Gasteiger partial charge in [0.15, 0.2) is 0 Å². The molecule has 0 aliphatic carbocycles. The molecule has 196 valence electrons. The van der Waals surface area contributed by atoms with Gasteiger partial charge in [-0.05, 0) is 63.1 Å². The Balaban J connectivity index is 1.54. The van der Waals surface area contributed by atoms with Gasteiger partial charge in [0.2, 0.25) is 16.0 Å². The average Bonchev–Trinajstić information content (AvgIpc) is 2.86. The maximum absolute atomic E-state index is 13.1. The summed E-state index contributed by atoms with van der Waals surface area (Å²) >= 11 is 0. The van der Waals surface area contributed by atoms with Gasteiger partial charge in [-0.25, -0.2) is 21.8 Å². The molecule has 0 unspecified atom stereocenters. The van der Waals surface area contributed by atoms with E-state index in [1.54, 1.807) is 49.5 Å². The minimum absolute atomic E-state index is 0.0808. The highest BCUT2D eigenvalue weighted by Crippen LogP contribution is 2.26. The number of nitrogens with zero attached hydrogens (tertiary/aromatic N) is 3. The van der Waals surface area contributed by atoms with E-state index in [0.717, 1.165) is 24.8 Å². The first-order chi connectivity index (χ1) is 17.5. The van der Waals surface area contributed by atoms with Gasteiger partial charge in [-0.2, -0.15) is 9.29 Å². The van der Waals surface area contributed by atoms with Crippen LogP contribution in [-0.4, -0.2) is 44.2 Å². The van der Waals surface area contributed by atoms with Crippen LogP contribution in [0.2, 0.25) is 0 Å². The van der Waals surface area contributed by atoms with Gasteiger partial charge in [0.05, 0.1) is 9.79 Å². The Morgan fingerprint density at radius 2 is 1.54 bits per heavy atom. The van der Waals surface area contributed by atoms with Crippen molar-refractivity contribution in [2.45, 2.75) is 42.9 Å². The maximum atomic E-state index is 13.1. The molecular weight excluding hydrogens is 512 g/mol. The first-order valence-corrected chi connectivity index (χ1v) is 14.7. The summed E-state index contributed by atoms with van der Waals surface area (Å²) < 4.78 is 55.0. The lowest BCUT2D eigenvalue weighted by Crippen LogP contribution is -2.35. The Kier molecular flexibility index (Phi) is 7.81. The van der Waals surface area contributed by atoms with Crippen molar-refractivity contribution in [3.05, 3.63) is 72.6 Å². The minimum Gasteiger partial charge on any atom is -0.340 e. The molecule has 1 aliphatic rings. The van der Waals surface area contributed by atoms with Crippen LogP contribution in [0.25, 0.3) is 0 Å². The normalized spacial score (nSPS) is 14.6. The van der Waals surface area contributed by atoms with Crippen molar-refractivity contribution < 1.29 is 16.8 Å². The van der Waals surface area contributed by atoms with Crippen LogP contribution in [0, 0.1) is 6.92 Å². The van der Waals surface area contributed by atoms with Gasteiger partial charge in [0.25, 0.3) is 10.0 Å². The maximum Gasteiger partial charge on any atom is 0.261 e. The molecule has 2 aromatic carbocycles. The summed E-state index contributed by atoms with van der Waals surface area (Å²) in [4.78, 5) is 9.12. The van der Waals surface area contributed by atoms with Crippen LogP contribution in [0.5, 0.6) is 0 Å². The fourth-order valence-electron chi connectivity index (χ4n) is 3.91. The van der Waals surface area contributed by atoms with Crippen molar-refractivity contribution in [3.8, 4) is 0 Å². The van der Waals surface area contributed by atoms with E-state index in [1.165, 1.54) is 16.4 Å². The molecule has 0 amide bonds. The lowest BCUT2D eigenvalue weighted by atomic mass is 10.2. The van der Waals surface area contributed by atoms with Gasteiger partial charge < -0.3 is 10.6 Å². The van der Waals surface area contributed by atoms with Gasteiger partial charge >= 0.3 is 0 Å². The van der Waals surface area contributed by atoms with Crippen molar-refractivity contribution in [1.82, 2.24) is 19.0 Å². The van der Waals surface area contributed by atoms with E-state index >= 15 is 0 Å². The van der Waals surface area contributed by atoms with Gasteiger partial charge in [-0.15, -0.1) is 0 Å². The van der Waals surface area contributed by atoms with Crippen molar-refractivity contribution >= 4 is 43.2 Å². The second-order valence-electron chi connectivity index (χ2n) is 8.88. The number of sulfonamides is 2. The van der Waals surface area contributed by atoms with Crippen LogP contribution < -0.4 is 15.4 Å². The second kappa shape index (κ2) is 10.9. The van der Waals surface area contributed by atoms with E-state index in [0.29, 0.717) is 36.0 Å². The number of aryl methyl sites for hydroxylation is 1. The number of nitrogens with one attached hydrogen (secondary N) is 3. The lowest BCUT2D eigenvalue weighted by Gasteiger charge is -2.26. The zero-order chi connectivity index (χ0) is 26.6. The number of allylic oxidation sites excluding steroid dienone is 1. The molecule has 2 heterocycles. The molecule has 1 saturated heterocycles. The Bertz CT molecular complexity index is 1520. The third-order valence-electron chi connectivity index (χ3n) is 5.73. The van der Waals surface area contributed by atoms with E-state index in [-0.39, 0.29) is 15.7 Å². The highest BCUT2D eigenvalue weighted by molar-refractivity contribution is 7.89. The van der Waals surface area contributed by atoms with E-state index in [2.05, 4.69) is 31.9 Å². The number of hydrogen-bond donors (Lipinski definition) is 3. The monoisotopic (exact) mass is 542 g/mol. The molecule has 3 N–H and O–H groups in total. The summed E-state index contributed by atoms with van der Waals surface area (Å²) in [5, 5.41) is 6.20. The van der Waals surface area contributed by atoms with E-state index in [1.807, 2.05) is 6.92 Å². The highest BCUT2D eigenvalue weighted by Gasteiger charge is 2.26. The van der Waals surface area contributed by atoms with Crippen molar-refractivity contribution in [2.24, 2.45) is 0 Å². The molecule has 0 spiro atoms. The Labute approximate surface area is 218 Å². The smallest absolute Gasteiger partial charge is 0.261 e. The molecule has 4 rings (SSSR count). The molecule has 0 bridgehead atoms. The number of piperidine rings is 1. The van der Waals surface area contributed by atoms with Crippen molar-refractivity contribution in [2.75, 3.05) is 23.7 Å². The zero-order valence-corrected chi connectivity index (χ0v) is 22.4. The summed E-state index contributed by atoms with van der Waals surface area (Å²) in [5.41, 5.74) is 2.10. The first kappa shape index (κ1) is 26.6. The van der Waals surface area contributed by atoms with Gasteiger partial charge in [-0.3, -0.25) is 4.72 Å². The largest absolute Gasteiger partial charge is 0.340 e. The second-order valence-corrected chi connectivity index (χ2v) is 12.5. The zero-order valence-electron chi connectivity index (χ0n) is 20.7. The first-order valence-electron chi connectivity index (χ1n) is 11.8. The topological polar surface area (TPSA) is 133 Å². The van der Waals surface area contributed by atoms with Crippen LogP contribution in [0.15, 0.2) is 76.8 Å². The van der Waals surface area contributed by atoms with Crippen LogP contribution in [0.4, 0.5) is 23.1 Å². The van der Waals surface area contributed by atoms with E-state index < -0.39 is 20.0 Å². The number of anilines is 4. The Hall–Kier alpha value is -3.48. The SMILES string of the molecule is C=C(C)NS(=O)(=O)c1cccc(Nc2nc(Nc3cccc(S(=O)(=O)N4CCCCC4)c3)ncc2C)c1. The molecule has 10 nitrogen and oxygen atoms in total. The fraction of sp³-hybridized carbons (Fsp3) is 0.280. The summed E-state index contributed by atoms with van der Waals surface area (Å²) in [6, 6.07) is 12.9.